The van der Waals surface area contributed by atoms with Crippen molar-refractivity contribution in [1.82, 2.24) is 5.32 Å². The van der Waals surface area contributed by atoms with Crippen molar-refractivity contribution in [2.75, 3.05) is 6.61 Å². The van der Waals surface area contributed by atoms with E-state index in [1.54, 1.807) is 6.08 Å². The van der Waals surface area contributed by atoms with Crippen LogP contribution in [0.4, 0.5) is 0 Å². The molecule has 13 nitrogen and oxygen atoms in total. The van der Waals surface area contributed by atoms with Crippen LogP contribution in [0.2, 0.25) is 0 Å². The van der Waals surface area contributed by atoms with E-state index in [0.717, 1.165) is 44.9 Å². The Kier molecular flexibility index (Phi) is 32.1. The molecule has 0 aromatic heterocycles. The predicted molar refractivity (Wildman–Crippen MR) is 229 cm³/mol. The Bertz CT molecular complexity index is 1140. The molecule has 0 saturated heterocycles. The summed E-state index contributed by atoms with van der Waals surface area (Å²) in [6, 6.07) is -1.26. The number of carbonyl (C=O) groups excluding carboxylic acids is 1. The number of phosphoric ester groups is 1. The Hall–Kier alpha value is -1.48. The Morgan fingerprint density at radius 1 is 0.603 bits per heavy atom. The molecule has 0 radical (unpaired) electrons. The number of carbonyl (C=O) groups is 1. The van der Waals surface area contributed by atoms with Crippen LogP contribution in [0.15, 0.2) is 36.5 Å². The van der Waals surface area contributed by atoms with Gasteiger partial charge in [0.25, 0.3) is 0 Å². The molecule has 1 amide bonds. The van der Waals surface area contributed by atoms with Gasteiger partial charge in [-0.15, -0.1) is 0 Å². The first-order valence-corrected chi connectivity index (χ1v) is 24.0. The van der Waals surface area contributed by atoms with Gasteiger partial charge in [-0.05, 0) is 44.9 Å². The maximum atomic E-state index is 13.0. The van der Waals surface area contributed by atoms with Gasteiger partial charge in [0, 0.05) is 0 Å². The molecule has 1 saturated carbocycles. The zero-order valence-electron chi connectivity index (χ0n) is 35.7. The minimum absolute atomic E-state index is 0.254. The molecule has 340 valence electrons. The van der Waals surface area contributed by atoms with E-state index < -0.39 is 75.2 Å². The second-order valence-electron chi connectivity index (χ2n) is 16.1. The van der Waals surface area contributed by atoms with Crippen molar-refractivity contribution in [1.29, 1.82) is 0 Å². The molecule has 0 aliphatic heterocycles. The number of amides is 1. The summed E-state index contributed by atoms with van der Waals surface area (Å²) in [7, 11) is -5.15. The average molecular weight is 848 g/mol. The highest BCUT2D eigenvalue weighted by Crippen LogP contribution is 2.47. The van der Waals surface area contributed by atoms with Crippen LogP contribution >= 0.6 is 7.82 Å². The van der Waals surface area contributed by atoms with Crippen molar-refractivity contribution in [3.05, 3.63) is 36.5 Å². The summed E-state index contributed by atoms with van der Waals surface area (Å²) >= 11 is 0. The van der Waals surface area contributed by atoms with Gasteiger partial charge in [-0.2, -0.15) is 0 Å². The van der Waals surface area contributed by atoms with E-state index in [1.165, 1.54) is 96.0 Å². The van der Waals surface area contributed by atoms with Crippen molar-refractivity contribution in [2.45, 2.75) is 229 Å². The van der Waals surface area contributed by atoms with Crippen molar-refractivity contribution in [3.8, 4) is 0 Å². The van der Waals surface area contributed by atoms with Crippen LogP contribution in [-0.4, -0.2) is 108 Å². The summed E-state index contributed by atoms with van der Waals surface area (Å²) in [5.74, 6) is -0.608. The van der Waals surface area contributed by atoms with Gasteiger partial charge in [0.15, 0.2) is 0 Å². The molecule has 14 heteroatoms. The Balaban J connectivity index is 2.62. The molecule has 8 atom stereocenters. The van der Waals surface area contributed by atoms with E-state index in [0.29, 0.717) is 19.3 Å². The molecular weight excluding hydrogens is 765 g/mol. The topological polar surface area (TPSA) is 226 Å². The lowest BCUT2D eigenvalue weighted by molar-refractivity contribution is -0.220. The van der Waals surface area contributed by atoms with Gasteiger partial charge in [-0.1, -0.05) is 159 Å². The molecule has 0 aromatic carbocycles. The van der Waals surface area contributed by atoms with Gasteiger partial charge in [-0.3, -0.25) is 13.8 Å². The summed E-state index contributed by atoms with van der Waals surface area (Å²) in [4.78, 5) is 23.4. The molecule has 0 heterocycles. The number of phosphoric acid groups is 1. The first-order valence-electron chi connectivity index (χ1n) is 22.5. The molecule has 0 bridgehead atoms. The third-order valence-electron chi connectivity index (χ3n) is 10.7. The fourth-order valence-electron chi connectivity index (χ4n) is 6.98. The van der Waals surface area contributed by atoms with Gasteiger partial charge in [0.1, 0.15) is 36.6 Å². The lowest BCUT2D eigenvalue weighted by Crippen LogP contribution is -2.64. The third-order valence-corrected chi connectivity index (χ3v) is 11.7. The standard InChI is InChI=1S/C44H82NO12P/c1-3-5-7-9-11-13-15-17-18-20-22-24-26-28-30-32-37(47)36(34-56-58(54,55)57-44-42(52)40(50)39(49)41(51)43(44)53)45-38(48)33-35(46)31-29-27-25-23-21-19-16-14-12-10-8-6-4-2/h15,17,22,24,30,32,35-37,39-44,46-47,49-53H,3-14,16,18-21,23,25-29,31,33-34H2,1-2H3,(H,45,48)(H,54,55)/b17-15+,24-22+,32-30+. The maximum Gasteiger partial charge on any atom is 0.472 e. The van der Waals surface area contributed by atoms with Crippen LogP contribution in [0, 0.1) is 0 Å². The average Bonchev–Trinajstić information content (AvgIpc) is 3.19. The number of nitrogens with one attached hydrogen (secondary N) is 1. The van der Waals surface area contributed by atoms with Crippen LogP contribution < -0.4 is 5.32 Å². The number of hydrogen-bond acceptors (Lipinski definition) is 11. The highest BCUT2D eigenvalue weighted by atomic mass is 31.2. The first kappa shape index (κ1) is 54.5. The smallest absolute Gasteiger partial charge is 0.393 e. The molecule has 1 aliphatic carbocycles. The second kappa shape index (κ2) is 34.1. The van der Waals surface area contributed by atoms with E-state index in [-0.39, 0.29) is 6.42 Å². The Labute approximate surface area is 349 Å². The number of hydrogen-bond donors (Lipinski definition) is 9. The maximum absolute atomic E-state index is 13.0. The number of aliphatic hydroxyl groups excluding tert-OH is 7. The zero-order chi connectivity index (χ0) is 43.0. The molecule has 8 unspecified atom stereocenters. The van der Waals surface area contributed by atoms with Crippen LogP contribution in [0.5, 0.6) is 0 Å². The predicted octanol–water partition coefficient (Wildman–Crippen LogP) is 6.97. The van der Waals surface area contributed by atoms with E-state index >= 15 is 0 Å². The molecule has 0 aromatic rings. The van der Waals surface area contributed by atoms with E-state index in [2.05, 4.69) is 43.5 Å². The van der Waals surface area contributed by atoms with E-state index in [4.69, 9.17) is 9.05 Å². The van der Waals surface area contributed by atoms with Gasteiger partial charge in [0.2, 0.25) is 5.91 Å². The number of unbranched alkanes of at least 4 members (excludes halogenated alkanes) is 19. The van der Waals surface area contributed by atoms with Crippen LogP contribution in [0.1, 0.15) is 174 Å². The van der Waals surface area contributed by atoms with Crippen LogP contribution in [0.25, 0.3) is 0 Å². The van der Waals surface area contributed by atoms with Gasteiger partial charge in [0.05, 0.1) is 31.3 Å². The molecule has 1 aliphatic rings. The van der Waals surface area contributed by atoms with Gasteiger partial charge >= 0.3 is 7.82 Å². The number of allylic oxidation sites excluding steroid dienone is 5. The van der Waals surface area contributed by atoms with Crippen molar-refractivity contribution in [2.24, 2.45) is 0 Å². The molecule has 58 heavy (non-hydrogen) atoms. The molecular formula is C44H82NO12P. The van der Waals surface area contributed by atoms with Crippen molar-refractivity contribution < 1.29 is 59.0 Å². The van der Waals surface area contributed by atoms with E-state index in [1.807, 2.05) is 0 Å². The first-order chi connectivity index (χ1) is 27.8. The lowest BCUT2D eigenvalue weighted by atomic mass is 9.85. The van der Waals surface area contributed by atoms with Gasteiger partial charge < -0.3 is 46.0 Å². The minimum atomic E-state index is -5.15. The van der Waals surface area contributed by atoms with Gasteiger partial charge in [-0.25, -0.2) is 4.57 Å². The lowest BCUT2D eigenvalue weighted by Gasteiger charge is -2.41. The molecule has 1 rings (SSSR count). The monoisotopic (exact) mass is 848 g/mol. The SMILES string of the molecule is CCCCCCC/C=C/CC/C=C/CC/C=C/C(O)C(COP(=O)(O)OC1C(O)C(O)C(O)C(O)C1O)NC(=O)CC(O)CCCCCCCCCCCCCCC. The Morgan fingerprint density at radius 3 is 1.52 bits per heavy atom. The fraction of sp³-hybridized carbons (Fsp3) is 0.841. The quantitative estimate of drug-likeness (QED) is 0.0177. The van der Waals surface area contributed by atoms with Crippen molar-refractivity contribution in [3.63, 3.8) is 0 Å². The third kappa shape index (κ3) is 26.0. The Morgan fingerprint density at radius 2 is 1.02 bits per heavy atom. The number of rotatable bonds is 36. The zero-order valence-corrected chi connectivity index (χ0v) is 36.6. The van der Waals surface area contributed by atoms with E-state index in [9.17, 15) is 50.0 Å². The molecule has 1 fully saturated rings. The summed E-state index contributed by atoms with van der Waals surface area (Å²) in [5, 5.41) is 74.3. The second-order valence-corrected chi connectivity index (χ2v) is 17.5. The summed E-state index contributed by atoms with van der Waals surface area (Å²) in [5.41, 5.74) is 0. The summed E-state index contributed by atoms with van der Waals surface area (Å²) in [6.07, 6.45) is 23.8. The number of aliphatic hydroxyl groups is 7. The molecule has 0 spiro atoms. The highest BCUT2D eigenvalue weighted by Gasteiger charge is 2.51. The minimum Gasteiger partial charge on any atom is -0.393 e. The van der Waals surface area contributed by atoms with Crippen molar-refractivity contribution >= 4 is 13.7 Å². The normalized spacial score (nSPS) is 24.1. The fourth-order valence-corrected chi connectivity index (χ4v) is 7.94. The largest absolute Gasteiger partial charge is 0.472 e. The highest BCUT2D eigenvalue weighted by molar-refractivity contribution is 7.47. The molecule has 9 N–H and O–H groups in total. The van der Waals surface area contributed by atoms with Crippen LogP contribution in [0.3, 0.4) is 0 Å². The van der Waals surface area contributed by atoms with Crippen LogP contribution in [-0.2, 0) is 18.4 Å². The summed E-state index contributed by atoms with van der Waals surface area (Å²) < 4.78 is 22.8. The summed E-state index contributed by atoms with van der Waals surface area (Å²) in [6.45, 7) is 3.69.